The highest BCUT2D eigenvalue weighted by Crippen LogP contribution is 2.02. The zero-order valence-corrected chi connectivity index (χ0v) is 12.1. The second-order valence-corrected chi connectivity index (χ2v) is 4.73. The van der Waals surface area contributed by atoms with Crippen LogP contribution in [0.3, 0.4) is 0 Å². The Labute approximate surface area is 115 Å². The Kier molecular flexibility index (Phi) is 7.93. The molecule has 0 radical (unpaired) electrons. The van der Waals surface area contributed by atoms with Crippen LogP contribution in [0.2, 0.25) is 0 Å². The Morgan fingerprint density at radius 2 is 1.67 bits per heavy atom. The van der Waals surface area contributed by atoms with Gasteiger partial charge in [0.1, 0.15) is 0 Å². The zero-order chi connectivity index (χ0) is 13.2. The maximum absolute atomic E-state index is 5.67. The van der Waals surface area contributed by atoms with Crippen LogP contribution < -0.4 is 0 Å². The fourth-order valence-electron chi connectivity index (χ4n) is 1.79. The number of aromatic nitrogens is 1. The fraction of sp³-hybridized carbons (Fsp3) is 0.615. The molecule has 0 unspecified atom stereocenters. The van der Waals surface area contributed by atoms with E-state index in [1.165, 1.54) is 0 Å². The van der Waals surface area contributed by atoms with E-state index in [-0.39, 0.29) is 0 Å². The van der Waals surface area contributed by atoms with Crippen molar-refractivity contribution in [1.82, 2.24) is 19.9 Å². The predicted molar refractivity (Wildman–Crippen MR) is 76.7 cm³/mol. The first-order chi connectivity index (χ1) is 8.74. The molecule has 5 heteroatoms. The molecule has 1 fully saturated rings. The highest BCUT2D eigenvalue weighted by atomic mass is 35.5. The summed E-state index contributed by atoms with van der Waals surface area (Å²) in [7, 11) is 4.19. The minimum atomic E-state index is 0.752. The lowest BCUT2D eigenvalue weighted by Gasteiger charge is -2.37. The molecule has 0 aromatic carbocycles. The first-order valence-corrected chi connectivity index (χ1v) is 6.83. The van der Waals surface area contributed by atoms with Crippen molar-refractivity contribution in [3.8, 4) is 0 Å². The smallest absolute Gasteiger partial charge is 0.0351 e. The van der Waals surface area contributed by atoms with Crippen LogP contribution in [0.5, 0.6) is 0 Å². The molecule has 102 valence electrons. The molecule has 0 spiro atoms. The summed E-state index contributed by atoms with van der Waals surface area (Å²) >= 11 is 5.67. The van der Waals surface area contributed by atoms with Crippen LogP contribution in [-0.4, -0.2) is 72.6 Å². The van der Waals surface area contributed by atoms with Crippen LogP contribution in [-0.2, 0) is 0 Å². The van der Waals surface area contributed by atoms with Gasteiger partial charge in [-0.2, -0.15) is 0 Å². The summed E-state index contributed by atoms with van der Waals surface area (Å²) in [5, 5.41) is 4.52. The molecular weight excluding hydrogens is 248 g/mol. The van der Waals surface area contributed by atoms with Crippen molar-refractivity contribution in [3.05, 3.63) is 30.6 Å². The molecule has 2 rings (SSSR count). The van der Waals surface area contributed by atoms with Crippen LogP contribution in [0, 0.1) is 0 Å². The highest BCUT2D eigenvalue weighted by Gasteiger charge is 2.16. The number of rotatable bonds is 3. The molecule has 4 nitrogen and oxygen atoms in total. The van der Waals surface area contributed by atoms with Gasteiger partial charge in [-0.25, -0.2) is 10.0 Å². The normalized spacial score (nSPS) is 17.3. The topological polar surface area (TPSA) is 22.6 Å². The Bertz CT molecular complexity index is 260. The van der Waals surface area contributed by atoms with Gasteiger partial charge in [0.15, 0.2) is 0 Å². The number of pyridine rings is 1. The van der Waals surface area contributed by atoms with Crippen molar-refractivity contribution in [3.63, 3.8) is 0 Å². The van der Waals surface area contributed by atoms with Crippen molar-refractivity contribution in [2.24, 2.45) is 0 Å². The fourth-order valence-corrected chi connectivity index (χ4v) is 2.03. The van der Waals surface area contributed by atoms with Crippen LogP contribution in [0.15, 0.2) is 30.6 Å². The monoisotopic (exact) mass is 270 g/mol. The molecule has 18 heavy (non-hydrogen) atoms. The van der Waals surface area contributed by atoms with Crippen molar-refractivity contribution < 1.29 is 0 Å². The van der Waals surface area contributed by atoms with Crippen LogP contribution in [0.4, 0.5) is 0 Å². The Morgan fingerprint density at radius 1 is 1.06 bits per heavy atom. The van der Waals surface area contributed by atoms with E-state index in [4.69, 9.17) is 11.6 Å². The molecule has 0 N–H and O–H groups in total. The van der Waals surface area contributed by atoms with E-state index in [2.05, 4.69) is 34.0 Å². The molecule has 2 heterocycles. The molecule has 1 aromatic heterocycles. The largest absolute Gasteiger partial charge is 0.299 e. The van der Waals surface area contributed by atoms with E-state index < -0.39 is 0 Å². The first-order valence-electron chi connectivity index (χ1n) is 6.29. The van der Waals surface area contributed by atoms with Crippen LogP contribution >= 0.6 is 11.6 Å². The van der Waals surface area contributed by atoms with E-state index in [0.29, 0.717) is 0 Å². The lowest BCUT2D eigenvalue weighted by Crippen LogP contribution is -2.51. The van der Waals surface area contributed by atoms with Crippen molar-refractivity contribution in [1.29, 1.82) is 0 Å². The Balaban J connectivity index is 0.000000225. The van der Waals surface area contributed by atoms with E-state index in [1.807, 2.05) is 18.2 Å². The lowest BCUT2D eigenvalue weighted by molar-refractivity contribution is -0.0172. The van der Waals surface area contributed by atoms with Gasteiger partial charge in [-0.1, -0.05) is 6.07 Å². The predicted octanol–water partition coefficient (Wildman–Crippen LogP) is 1.40. The summed E-state index contributed by atoms with van der Waals surface area (Å²) in [4.78, 5) is 6.19. The van der Waals surface area contributed by atoms with Gasteiger partial charge >= 0.3 is 0 Å². The molecule has 1 aliphatic rings. The quantitative estimate of drug-likeness (QED) is 0.775. The van der Waals surface area contributed by atoms with E-state index in [9.17, 15) is 0 Å². The summed E-state index contributed by atoms with van der Waals surface area (Å²) in [5.74, 6) is 0.752. The van der Waals surface area contributed by atoms with Crippen molar-refractivity contribution >= 4 is 11.6 Å². The third-order valence-electron chi connectivity index (χ3n) is 2.88. The average Bonchev–Trinajstić information content (AvgIpc) is 2.42. The summed E-state index contributed by atoms with van der Waals surface area (Å²) < 4.78 is 0. The standard InChI is InChI=1S/C8H18ClN3.C5H5N/c1-10(2)12-7-5-11(4-3-9)6-8-12;1-2-4-6-5-3-1/h3-8H2,1-2H3;1-5H. The van der Waals surface area contributed by atoms with E-state index >= 15 is 0 Å². The van der Waals surface area contributed by atoms with Gasteiger partial charge in [-0.3, -0.25) is 9.88 Å². The van der Waals surface area contributed by atoms with Gasteiger partial charge in [0.05, 0.1) is 0 Å². The van der Waals surface area contributed by atoms with Crippen molar-refractivity contribution in [2.45, 2.75) is 0 Å². The van der Waals surface area contributed by atoms with Crippen LogP contribution in [0.25, 0.3) is 0 Å². The molecule has 1 aliphatic heterocycles. The molecule has 1 aromatic rings. The average molecular weight is 271 g/mol. The number of nitrogens with zero attached hydrogens (tertiary/aromatic N) is 4. The van der Waals surface area contributed by atoms with Gasteiger partial charge in [-0.05, 0) is 12.1 Å². The highest BCUT2D eigenvalue weighted by molar-refractivity contribution is 6.18. The molecular formula is C13H23ClN4. The zero-order valence-electron chi connectivity index (χ0n) is 11.3. The Morgan fingerprint density at radius 3 is 2.00 bits per heavy atom. The van der Waals surface area contributed by atoms with Gasteiger partial charge in [0, 0.05) is 65.1 Å². The number of piperazine rings is 1. The van der Waals surface area contributed by atoms with Gasteiger partial charge in [0.25, 0.3) is 0 Å². The van der Waals surface area contributed by atoms with Crippen molar-refractivity contribution in [2.75, 3.05) is 52.7 Å². The van der Waals surface area contributed by atoms with Gasteiger partial charge < -0.3 is 0 Å². The van der Waals surface area contributed by atoms with Gasteiger partial charge in [0.2, 0.25) is 0 Å². The SMILES string of the molecule is CN(C)N1CCN(CCCl)CC1.c1ccncc1. The third-order valence-corrected chi connectivity index (χ3v) is 3.05. The molecule has 0 aliphatic carbocycles. The Hall–Kier alpha value is -0.680. The number of hydrogen-bond donors (Lipinski definition) is 0. The van der Waals surface area contributed by atoms with Gasteiger partial charge in [-0.15, -0.1) is 11.6 Å². The molecule has 0 saturated carbocycles. The van der Waals surface area contributed by atoms with Crippen LogP contribution in [0.1, 0.15) is 0 Å². The number of halogens is 1. The minimum Gasteiger partial charge on any atom is -0.299 e. The summed E-state index contributed by atoms with van der Waals surface area (Å²) in [5.41, 5.74) is 0. The maximum atomic E-state index is 5.67. The summed E-state index contributed by atoms with van der Waals surface area (Å²) in [6.07, 6.45) is 3.50. The van der Waals surface area contributed by atoms with E-state index in [1.54, 1.807) is 12.4 Å². The minimum absolute atomic E-state index is 0.752. The number of alkyl halides is 1. The molecule has 0 atom stereocenters. The summed E-state index contributed by atoms with van der Waals surface area (Å²) in [6, 6.07) is 5.72. The van der Waals surface area contributed by atoms with E-state index in [0.717, 1.165) is 38.6 Å². The molecule has 1 saturated heterocycles. The third kappa shape index (κ3) is 6.31. The lowest BCUT2D eigenvalue weighted by atomic mass is 10.3. The number of hydrogen-bond acceptors (Lipinski definition) is 4. The molecule has 0 bridgehead atoms. The number of hydrazine groups is 1. The maximum Gasteiger partial charge on any atom is 0.0351 e. The second kappa shape index (κ2) is 9.28. The molecule has 0 amide bonds. The summed E-state index contributed by atoms with van der Waals surface area (Å²) in [6.45, 7) is 5.58. The second-order valence-electron chi connectivity index (χ2n) is 4.36. The first kappa shape index (κ1) is 15.4.